The highest BCUT2D eigenvalue weighted by Crippen LogP contribution is 2.35. The summed E-state index contributed by atoms with van der Waals surface area (Å²) in [5, 5.41) is 3.78. The maximum absolute atomic E-state index is 12.8. The van der Waals surface area contributed by atoms with Crippen molar-refractivity contribution in [1.82, 2.24) is 4.98 Å². The lowest BCUT2D eigenvalue weighted by molar-refractivity contribution is -0.123. The summed E-state index contributed by atoms with van der Waals surface area (Å²) in [4.78, 5) is 31.3. The molecular weight excluding hydrogens is 398 g/mol. The molecule has 0 spiro atoms. The van der Waals surface area contributed by atoms with Gasteiger partial charge in [-0.15, -0.1) is 11.3 Å². The Morgan fingerprint density at radius 2 is 1.80 bits per heavy atom. The Morgan fingerprint density at radius 3 is 2.70 bits per heavy atom. The normalized spacial score (nSPS) is 13.1. The van der Waals surface area contributed by atoms with E-state index in [0.29, 0.717) is 17.1 Å². The standard InChI is InChI=1S/C23H17N3O3S/c27-21(13-26-18-10-4-5-11-19(18)29-14-22(26)28)24-16-8-2-1-7-15(16)23-25-17-9-3-6-12-20(17)30-23/h1-12H,13-14H2,(H,24,27). The molecule has 5 rings (SSSR count). The molecule has 0 saturated carbocycles. The molecule has 7 heteroatoms. The molecule has 1 N–H and O–H groups in total. The lowest BCUT2D eigenvalue weighted by Crippen LogP contribution is -2.43. The number of nitrogens with one attached hydrogen (secondary N) is 1. The van der Waals surface area contributed by atoms with E-state index in [1.807, 2.05) is 60.7 Å². The molecule has 2 amide bonds. The van der Waals surface area contributed by atoms with Gasteiger partial charge in [-0.3, -0.25) is 14.5 Å². The Labute approximate surface area is 176 Å². The summed E-state index contributed by atoms with van der Waals surface area (Å²) in [5.41, 5.74) is 3.04. The first-order chi connectivity index (χ1) is 14.7. The van der Waals surface area contributed by atoms with Crippen LogP contribution < -0.4 is 15.0 Å². The van der Waals surface area contributed by atoms with Crippen molar-refractivity contribution in [3.63, 3.8) is 0 Å². The number of nitrogens with zero attached hydrogens (tertiary/aromatic N) is 2. The van der Waals surface area contributed by atoms with Crippen molar-refractivity contribution in [2.75, 3.05) is 23.4 Å². The van der Waals surface area contributed by atoms with Crippen LogP contribution in [0.2, 0.25) is 0 Å². The van der Waals surface area contributed by atoms with E-state index in [0.717, 1.165) is 20.8 Å². The molecule has 0 saturated heterocycles. The topological polar surface area (TPSA) is 71.5 Å². The molecule has 0 radical (unpaired) electrons. The Hall–Kier alpha value is -3.71. The van der Waals surface area contributed by atoms with Crippen LogP contribution >= 0.6 is 11.3 Å². The Kier molecular flexibility index (Phi) is 4.65. The predicted molar refractivity (Wildman–Crippen MR) is 118 cm³/mol. The van der Waals surface area contributed by atoms with E-state index < -0.39 is 0 Å². The van der Waals surface area contributed by atoms with E-state index in [1.54, 1.807) is 23.5 Å². The van der Waals surface area contributed by atoms with Crippen LogP contribution in [0.25, 0.3) is 20.8 Å². The average molecular weight is 415 g/mol. The average Bonchev–Trinajstić information content (AvgIpc) is 3.20. The van der Waals surface area contributed by atoms with Gasteiger partial charge in [-0.1, -0.05) is 36.4 Å². The second-order valence-corrected chi connectivity index (χ2v) is 7.85. The first-order valence-corrected chi connectivity index (χ1v) is 10.3. The van der Waals surface area contributed by atoms with E-state index in [-0.39, 0.29) is 25.0 Å². The molecule has 1 aliphatic rings. The first kappa shape index (κ1) is 18.3. The third kappa shape index (κ3) is 3.40. The van der Waals surface area contributed by atoms with Crippen LogP contribution in [0, 0.1) is 0 Å². The molecule has 3 aromatic carbocycles. The monoisotopic (exact) mass is 415 g/mol. The number of fused-ring (bicyclic) bond motifs is 2. The number of carbonyl (C=O) groups excluding carboxylic acids is 2. The summed E-state index contributed by atoms with van der Waals surface area (Å²) in [7, 11) is 0. The van der Waals surface area contributed by atoms with E-state index in [1.165, 1.54) is 4.90 Å². The number of thiazole rings is 1. The minimum atomic E-state index is -0.284. The van der Waals surface area contributed by atoms with Crippen LogP contribution in [0.5, 0.6) is 5.75 Å². The fourth-order valence-corrected chi connectivity index (χ4v) is 4.43. The van der Waals surface area contributed by atoms with Crippen LogP contribution in [-0.2, 0) is 9.59 Å². The highest BCUT2D eigenvalue weighted by molar-refractivity contribution is 7.21. The van der Waals surface area contributed by atoms with Crippen LogP contribution in [0.3, 0.4) is 0 Å². The van der Waals surface area contributed by atoms with Crippen LogP contribution in [0.1, 0.15) is 0 Å². The fraction of sp³-hybridized carbons (Fsp3) is 0.0870. The molecule has 4 aromatic rings. The largest absolute Gasteiger partial charge is 0.482 e. The van der Waals surface area contributed by atoms with Crippen molar-refractivity contribution < 1.29 is 14.3 Å². The van der Waals surface area contributed by atoms with Gasteiger partial charge in [-0.25, -0.2) is 4.98 Å². The first-order valence-electron chi connectivity index (χ1n) is 9.46. The SMILES string of the molecule is O=C(CN1C(=O)COc2ccccc21)Nc1ccccc1-c1nc2ccccc2s1. The van der Waals surface area contributed by atoms with Gasteiger partial charge >= 0.3 is 0 Å². The van der Waals surface area contributed by atoms with Gasteiger partial charge in [-0.2, -0.15) is 0 Å². The maximum Gasteiger partial charge on any atom is 0.265 e. The lowest BCUT2D eigenvalue weighted by atomic mass is 10.2. The predicted octanol–water partition coefficient (Wildman–Crippen LogP) is 4.33. The highest BCUT2D eigenvalue weighted by Gasteiger charge is 2.27. The Morgan fingerprint density at radius 1 is 1.03 bits per heavy atom. The molecule has 0 aliphatic carbocycles. The zero-order valence-corrected chi connectivity index (χ0v) is 16.7. The van der Waals surface area contributed by atoms with E-state index in [9.17, 15) is 9.59 Å². The summed E-state index contributed by atoms with van der Waals surface area (Å²) in [6.45, 7) is -0.167. The summed E-state index contributed by atoms with van der Waals surface area (Å²) >= 11 is 1.57. The van der Waals surface area contributed by atoms with Gasteiger partial charge in [0.1, 0.15) is 17.3 Å². The lowest BCUT2D eigenvalue weighted by Gasteiger charge is -2.28. The number of hydrogen-bond acceptors (Lipinski definition) is 5. The van der Waals surface area contributed by atoms with Gasteiger partial charge in [-0.05, 0) is 36.4 Å². The van der Waals surface area contributed by atoms with Gasteiger partial charge in [0.15, 0.2) is 6.61 Å². The summed E-state index contributed by atoms with van der Waals surface area (Å²) < 4.78 is 6.53. The minimum Gasteiger partial charge on any atom is -0.482 e. The van der Waals surface area contributed by atoms with Crippen molar-refractivity contribution in [1.29, 1.82) is 0 Å². The second-order valence-electron chi connectivity index (χ2n) is 6.82. The van der Waals surface area contributed by atoms with Gasteiger partial charge in [0.05, 0.1) is 21.6 Å². The molecule has 1 aliphatic heterocycles. The molecule has 0 unspecified atom stereocenters. The maximum atomic E-state index is 12.8. The van der Waals surface area contributed by atoms with E-state index in [2.05, 4.69) is 5.32 Å². The van der Waals surface area contributed by atoms with Crippen LogP contribution in [-0.4, -0.2) is 29.9 Å². The smallest absolute Gasteiger partial charge is 0.265 e. The summed E-state index contributed by atoms with van der Waals surface area (Å²) in [6.07, 6.45) is 0. The van der Waals surface area contributed by atoms with Crippen molar-refractivity contribution in [2.45, 2.75) is 0 Å². The number of anilines is 2. The number of ether oxygens (including phenoxy) is 1. The van der Waals surface area contributed by atoms with Crippen molar-refractivity contribution in [3.05, 3.63) is 72.8 Å². The second kappa shape index (κ2) is 7.61. The number of para-hydroxylation sites is 4. The van der Waals surface area contributed by atoms with Crippen molar-refractivity contribution in [2.24, 2.45) is 0 Å². The molecule has 30 heavy (non-hydrogen) atoms. The van der Waals surface area contributed by atoms with Crippen LogP contribution in [0.4, 0.5) is 11.4 Å². The number of amides is 2. The van der Waals surface area contributed by atoms with E-state index >= 15 is 0 Å². The number of aromatic nitrogens is 1. The number of rotatable bonds is 4. The van der Waals surface area contributed by atoms with Gasteiger partial charge < -0.3 is 10.1 Å². The molecule has 2 heterocycles. The Balaban J connectivity index is 1.40. The zero-order valence-electron chi connectivity index (χ0n) is 15.9. The van der Waals surface area contributed by atoms with Crippen molar-refractivity contribution >= 4 is 44.7 Å². The van der Waals surface area contributed by atoms with Gasteiger partial charge in [0, 0.05) is 5.56 Å². The molecule has 1 aromatic heterocycles. The highest BCUT2D eigenvalue weighted by atomic mass is 32.1. The summed E-state index contributed by atoms with van der Waals surface area (Å²) in [5.74, 6) is 0.0664. The molecule has 0 bridgehead atoms. The van der Waals surface area contributed by atoms with Gasteiger partial charge in [0.25, 0.3) is 5.91 Å². The third-order valence-electron chi connectivity index (χ3n) is 4.84. The van der Waals surface area contributed by atoms with Crippen molar-refractivity contribution in [3.8, 4) is 16.3 Å². The molecule has 0 fully saturated rings. The number of carbonyl (C=O) groups is 2. The molecule has 6 nitrogen and oxygen atoms in total. The molecule has 0 atom stereocenters. The third-order valence-corrected chi connectivity index (χ3v) is 5.91. The quantitative estimate of drug-likeness (QED) is 0.539. The fourth-order valence-electron chi connectivity index (χ4n) is 3.43. The molecular formula is C23H17N3O3S. The van der Waals surface area contributed by atoms with E-state index in [4.69, 9.17) is 9.72 Å². The molecule has 148 valence electrons. The van der Waals surface area contributed by atoms with Crippen LogP contribution in [0.15, 0.2) is 72.8 Å². The number of benzene rings is 3. The van der Waals surface area contributed by atoms with Gasteiger partial charge in [0.2, 0.25) is 5.91 Å². The summed E-state index contributed by atoms with van der Waals surface area (Å²) in [6, 6.07) is 22.7. The Bertz CT molecular complexity index is 1230. The zero-order chi connectivity index (χ0) is 20.5. The minimum absolute atomic E-state index is 0.0768. The number of hydrogen-bond donors (Lipinski definition) is 1.